The van der Waals surface area contributed by atoms with Crippen molar-refractivity contribution in [3.8, 4) is 0 Å². The molecule has 0 fully saturated rings. The predicted octanol–water partition coefficient (Wildman–Crippen LogP) is 2.64. The van der Waals surface area contributed by atoms with E-state index >= 15 is 0 Å². The van der Waals surface area contributed by atoms with Gasteiger partial charge in [0.05, 0.1) is 15.4 Å². The molecule has 0 aromatic heterocycles. The van der Waals surface area contributed by atoms with E-state index in [4.69, 9.17) is 0 Å². The van der Waals surface area contributed by atoms with E-state index in [1.54, 1.807) is 13.8 Å². The standard InChI is InChI=1S/C12H18BrFN2O2S/c1-4-15-7-9(3)19(17,18)16-12-6-10(13)11(14)5-8(12)2/h5-6,9,15-16H,4,7H2,1-3H3. The van der Waals surface area contributed by atoms with Crippen LogP contribution >= 0.6 is 15.9 Å². The van der Waals surface area contributed by atoms with Crippen molar-refractivity contribution in [2.24, 2.45) is 0 Å². The molecule has 1 atom stereocenters. The third-order valence-electron chi connectivity index (χ3n) is 2.73. The zero-order valence-corrected chi connectivity index (χ0v) is 13.5. The van der Waals surface area contributed by atoms with Crippen molar-refractivity contribution >= 4 is 31.6 Å². The molecule has 7 heteroatoms. The molecule has 0 radical (unpaired) electrons. The maximum absolute atomic E-state index is 13.3. The van der Waals surface area contributed by atoms with E-state index in [0.717, 1.165) is 0 Å². The third-order valence-corrected chi connectivity index (χ3v) is 5.07. The van der Waals surface area contributed by atoms with Crippen molar-refractivity contribution in [3.05, 3.63) is 28.0 Å². The first kappa shape index (κ1) is 16.4. The zero-order chi connectivity index (χ0) is 14.6. The summed E-state index contributed by atoms with van der Waals surface area (Å²) >= 11 is 3.04. The lowest BCUT2D eigenvalue weighted by Crippen LogP contribution is -2.34. The monoisotopic (exact) mass is 352 g/mol. The van der Waals surface area contributed by atoms with Gasteiger partial charge in [-0.1, -0.05) is 6.92 Å². The molecule has 0 saturated heterocycles. The number of halogens is 2. The van der Waals surface area contributed by atoms with Crippen molar-refractivity contribution < 1.29 is 12.8 Å². The van der Waals surface area contributed by atoms with E-state index in [9.17, 15) is 12.8 Å². The van der Waals surface area contributed by atoms with Gasteiger partial charge in [-0.2, -0.15) is 0 Å². The highest BCUT2D eigenvalue weighted by molar-refractivity contribution is 9.10. The average Bonchev–Trinajstić information content (AvgIpc) is 2.32. The molecule has 1 rings (SSSR count). The van der Waals surface area contributed by atoms with E-state index in [-0.39, 0.29) is 4.47 Å². The number of benzene rings is 1. The summed E-state index contributed by atoms with van der Waals surface area (Å²) in [5.41, 5.74) is 0.927. The van der Waals surface area contributed by atoms with Gasteiger partial charge in [-0.3, -0.25) is 4.72 Å². The normalized spacial score (nSPS) is 13.3. The van der Waals surface area contributed by atoms with Crippen LogP contribution < -0.4 is 10.0 Å². The summed E-state index contributed by atoms with van der Waals surface area (Å²) < 4.78 is 40.2. The second-order valence-electron chi connectivity index (χ2n) is 4.35. The minimum Gasteiger partial charge on any atom is -0.316 e. The highest BCUT2D eigenvalue weighted by Crippen LogP contribution is 2.25. The maximum atomic E-state index is 13.3. The second-order valence-corrected chi connectivity index (χ2v) is 7.30. The Bertz CT molecular complexity index is 549. The van der Waals surface area contributed by atoms with Crippen molar-refractivity contribution in [1.82, 2.24) is 5.32 Å². The van der Waals surface area contributed by atoms with Gasteiger partial charge in [0.25, 0.3) is 0 Å². The maximum Gasteiger partial charge on any atom is 0.236 e. The van der Waals surface area contributed by atoms with E-state index in [0.29, 0.717) is 24.3 Å². The second kappa shape index (κ2) is 6.67. The number of rotatable bonds is 6. The average molecular weight is 353 g/mol. The van der Waals surface area contributed by atoms with Gasteiger partial charge in [-0.25, -0.2) is 12.8 Å². The van der Waals surface area contributed by atoms with Crippen LogP contribution in [0.25, 0.3) is 0 Å². The Morgan fingerprint density at radius 2 is 2.05 bits per heavy atom. The fraction of sp³-hybridized carbons (Fsp3) is 0.500. The molecule has 0 bridgehead atoms. The highest BCUT2D eigenvalue weighted by atomic mass is 79.9. The Hall–Kier alpha value is -0.660. The van der Waals surface area contributed by atoms with Gasteiger partial charge >= 0.3 is 0 Å². The molecule has 0 aliphatic rings. The smallest absolute Gasteiger partial charge is 0.236 e. The van der Waals surface area contributed by atoms with Gasteiger partial charge in [0.15, 0.2) is 0 Å². The first-order valence-corrected chi connectivity index (χ1v) is 8.29. The molecule has 4 nitrogen and oxygen atoms in total. The van der Waals surface area contributed by atoms with Crippen molar-refractivity contribution in [2.45, 2.75) is 26.0 Å². The van der Waals surface area contributed by atoms with Gasteiger partial charge in [0.2, 0.25) is 10.0 Å². The summed E-state index contributed by atoms with van der Waals surface area (Å²) in [7, 11) is -3.49. The quantitative estimate of drug-likeness (QED) is 0.827. The minimum atomic E-state index is -3.49. The first-order chi connectivity index (χ1) is 8.77. The van der Waals surface area contributed by atoms with Crippen LogP contribution in [0.15, 0.2) is 16.6 Å². The van der Waals surface area contributed by atoms with Crippen LogP contribution in [0.5, 0.6) is 0 Å². The van der Waals surface area contributed by atoms with Crippen molar-refractivity contribution in [2.75, 3.05) is 17.8 Å². The fourth-order valence-corrected chi connectivity index (χ4v) is 2.88. The third kappa shape index (κ3) is 4.43. The summed E-state index contributed by atoms with van der Waals surface area (Å²) in [6.07, 6.45) is 0. The van der Waals surface area contributed by atoms with Gasteiger partial charge < -0.3 is 5.32 Å². The van der Waals surface area contributed by atoms with Gasteiger partial charge in [-0.15, -0.1) is 0 Å². The summed E-state index contributed by atoms with van der Waals surface area (Å²) in [4.78, 5) is 0. The molecule has 0 heterocycles. The lowest BCUT2D eigenvalue weighted by Gasteiger charge is -2.16. The van der Waals surface area contributed by atoms with Crippen LogP contribution in [-0.2, 0) is 10.0 Å². The molecule has 0 amide bonds. The molecule has 0 aliphatic heterocycles. The molecule has 1 aromatic rings. The molecule has 19 heavy (non-hydrogen) atoms. The van der Waals surface area contributed by atoms with Gasteiger partial charge in [-0.05, 0) is 54.0 Å². The lowest BCUT2D eigenvalue weighted by molar-refractivity contribution is 0.579. The largest absolute Gasteiger partial charge is 0.316 e. The van der Waals surface area contributed by atoms with Crippen molar-refractivity contribution in [1.29, 1.82) is 0 Å². The van der Waals surface area contributed by atoms with E-state index in [2.05, 4.69) is 26.0 Å². The summed E-state index contributed by atoms with van der Waals surface area (Å²) in [5.74, 6) is -0.416. The lowest BCUT2D eigenvalue weighted by atomic mass is 10.2. The van der Waals surface area contributed by atoms with Gasteiger partial charge in [0.1, 0.15) is 5.82 Å². The van der Waals surface area contributed by atoms with Crippen LogP contribution in [0.4, 0.5) is 10.1 Å². The summed E-state index contributed by atoms with van der Waals surface area (Å²) in [6, 6.07) is 2.72. The van der Waals surface area contributed by atoms with Gasteiger partial charge in [0, 0.05) is 6.54 Å². The zero-order valence-electron chi connectivity index (χ0n) is 11.1. The number of anilines is 1. The minimum absolute atomic E-state index is 0.232. The van der Waals surface area contributed by atoms with E-state index < -0.39 is 21.1 Å². The van der Waals surface area contributed by atoms with Crippen LogP contribution in [0, 0.1) is 12.7 Å². The Labute approximate surface area is 122 Å². The molecular weight excluding hydrogens is 335 g/mol. The molecule has 108 valence electrons. The number of aryl methyl sites for hydroxylation is 1. The molecular formula is C12H18BrFN2O2S. The molecule has 0 saturated carbocycles. The van der Waals surface area contributed by atoms with Crippen LogP contribution in [-0.4, -0.2) is 26.8 Å². The van der Waals surface area contributed by atoms with Crippen LogP contribution in [0.1, 0.15) is 19.4 Å². The fourth-order valence-electron chi connectivity index (χ4n) is 1.47. The first-order valence-electron chi connectivity index (χ1n) is 5.96. The number of hydrogen-bond donors (Lipinski definition) is 2. The summed E-state index contributed by atoms with van der Waals surface area (Å²) in [5, 5.41) is 2.41. The topological polar surface area (TPSA) is 58.2 Å². The number of sulfonamides is 1. The predicted molar refractivity (Wildman–Crippen MR) is 79.4 cm³/mol. The van der Waals surface area contributed by atoms with Crippen LogP contribution in [0.3, 0.4) is 0 Å². The molecule has 2 N–H and O–H groups in total. The van der Waals surface area contributed by atoms with E-state index in [1.165, 1.54) is 12.1 Å². The molecule has 1 aromatic carbocycles. The SMILES string of the molecule is CCNCC(C)S(=O)(=O)Nc1cc(Br)c(F)cc1C. The Kier molecular flexibility index (Phi) is 5.76. The number of hydrogen-bond acceptors (Lipinski definition) is 3. The Morgan fingerprint density at radius 3 is 2.63 bits per heavy atom. The van der Waals surface area contributed by atoms with E-state index in [1.807, 2.05) is 6.92 Å². The highest BCUT2D eigenvalue weighted by Gasteiger charge is 2.21. The Balaban J connectivity index is 2.92. The van der Waals surface area contributed by atoms with Crippen molar-refractivity contribution in [3.63, 3.8) is 0 Å². The van der Waals surface area contributed by atoms with Crippen LogP contribution in [0.2, 0.25) is 0 Å². The molecule has 1 unspecified atom stereocenters. The number of nitrogens with one attached hydrogen (secondary N) is 2. The molecule has 0 aliphatic carbocycles. The summed E-state index contributed by atoms with van der Waals surface area (Å²) in [6.45, 7) is 6.27. The molecule has 0 spiro atoms. The Morgan fingerprint density at radius 1 is 1.42 bits per heavy atom.